The highest BCUT2D eigenvalue weighted by Crippen LogP contribution is 2.17. The zero-order valence-corrected chi connectivity index (χ0v) is 12.8. The summed E-state index contributed by atoms with van der Waals surface area (Å²) in [5.41, 5.74) is 2.48. The van der Waals surface area contributed by atoms with E-state index in [0.717, 1.165) is 11.1 Å². The Kier molecular flexibility index (Phi) is 5.63. The number of rotatable bonds is 6. The van der Waals surface area contributed by atoms with Crippen LogP contribution in [0.15, 0.2) is 60.2 Å². The molecule has 0 N–H and O–H groups in total. The largest absolute Gasteiger partial charge is 0.466 e. The van der Waals surface area contributed by atoms with E-state index < -0.39 is 4.92 Å². The summed E-state index contributed by atoms with van der Waals surface area (Å²) in [6, 6.07) is 15.9. The molecular formula is C18H17NO4. The molecule has 0 aliphatic rings. The highest BCUT2D eigenvalue weighted by atomic mass is 16.6. The van der Waals surface area contributed by atoms with Gasteiger partial charge in [0.2, 0.25) is 0 Å². The molecule has 0 aliphatic heterocycles. The second kappa shape index (κ2) is 7.89. The Bertz CT molecular complexity index is 706. The molecule has 118 valence electrons. The molecule has 0 saturated heterocycles. The first-order valence-corrected chi connectivity index (χ1v) is 7.17. The predicted molar refractivity (Wildman–Crippen MR) is 87.9 cm³/mol. The number of non-ortho nitro benzene ring substituents is 1. The van der Waals surface area contributed by atoms with Crippen molar-refractivity contribution in [3.63, 3.8) is 0 Å². The Morgan fingerprint density at radius 3 is 2.35 bits per heavy atom. The molecule has 0 atom stereocenters. The van der Waals surface area contributed by atoms with Gasteiger partial charge in [-0.15, -0.1) is 0 Å². The summed E-state index contributed by atoms with van der Waals surface area (Å²) in [6.07, 6.45) is 2.91. The highest BCUT2D eigenvalue weighted by molar-refractivity contribution is 5.93. The van der Waals surface area contributed by atoms with Crippen molar-refractivity contribution in [1.29, 1.82) is 0 Å². The summed E-state index contributed by atoms with van der Waals surface area (Å²) >= 11 is 0. The van der Waals surface area contributed by atoms with E-state index in [2.05, 4.69) is 0 Å². The zero-order valence-electron chi connectivity index (χ0n) is 12.8. The maximum atomic E-state index is 11.9. The average molecular weight is 311 g/mol. The number of carbonyl (C=O) groups excluding carboxylic acids is 1. The molecule has 2 aromatic carbocycles. The van der Waals surface area contributed by atoms with Gasteiger partial charge in [-0.25, -0.2) is 4.79 Å². The molecule has 23 heavy (non-hydrogen) atoms. The lowest BCUT2D eigenvalue weighted by Crippen LogP contribution is -2.06. The van der Waals surface area contributed by atoms with Gasteiger partial charge < -0.3 is 4.74 Å². The number of ether oxygens (including phenoxy) is 1. The Morgan fingerprint density at radius 2 is 1.78 bits per heavy atom. The number of nitro benzene ring substituents is 1. The monoisotopic (exact) mass is 311 g/mol. The van der Waals surface area contributed by atoms with Crippen molar-refractivity contribution >= 4 is 17.7 Å². The van der Waals surface area contributed by atoms with Crippen LogP contribution in [0.2, 0.25) is 0 Å². The molecule has 0 aromatic heterocycles. The molecule has 2 aromatic rings. The van der Waals surface area contributed by atoms with Gasteiger partial charge in [-0.1, -0.05) is 42.5 Å². The minimum Gasteiger partial charge on any atom is -0.466 e. The standard InChI is InChI=1S/C18H17NO4/c1-23-18(20)16(13-15-5-3-2-4-6-15)10-7-14-8-11-17(12-9-14)19(21)22/h2-6,8-9,11-13H,7,10H2,1H3/b16-13+. The average Bonchev–Trinajstić information content (AvgIpc) is 2.59. The highest BCUT2D eigenvalue weighted by Gasteiger charge is 2.11. The predicted octanol–water partition coefficient (Wildman–Crippen LogP) is 3.78. The van der Waals surface area contributed by atoms with Crippen LogP contribution in [-0.4, -0.2) is 18.0 Å². The molecule has 5 heteroatoms. The summed E-state index contributed by atoms with van der Waals surface area (Å²) in [6.45, 7) is 0. The quantitative estimate of drug-likeness (QED) is 0.352. The smallest absolute Gasteiger partial charge is 0.333 e. The van der Waals surface area contributed by atoms with E-state index >= 15 is 0 Å². The number of hydrogen-bond acceptors (Lipinski definition) is 4. The molecule has 0 radical (unpaired) electrons. The van der Waals surface area contributed by atoms with Gasteiger partial charge in [0.1, 0.15) is 0 Å². The van der Waals surface area contributed by atoms with Crippen molar-refractivity contribution in [3.8, 4) is 0 Å². The van der Waals surface area contributed by atoms with Crippen molar-refractivity contribution in [3.05, 3.63) is 81.4 Å². The fourth-order valence-corrected chi connectivity index (χ4v) is 2.18. The van der Waals surface area contributed by atoms with Gasteiger partial charge >= 0.3 is 5.97 Å². The van der Waals surface area contributed by atoms with E-state index in [1.165, 1.54) is 19.2 Å². The lowest BCUT2D eigenvalue weighted by atomic mass is 10.0. The van der Waals surface area contributed by atoms with Crippen LogP contribution in [0.1, 0.15) is 17.5 Å². The van der Waals surface area contributed by atoms with Crippen molar-refractivity contribution < 1.29 is 14.5 Å². The first kappa shape index (κ1) is 16.4. The van der Waals surface area contributed by atoms with Crippen LogP contribution in [0.3, 0.4) is 0 Å². The van der Waals surface area contributed by atoms with Crippen LogP contribution in [-0.2, 0) is 16.0 Å². The van der Waals surface area contributed by atoms with Gasteiger partial charge in [-0.05, 0) is 30.0 Å². The first-order valence-electron chi connectivity index (χ1n) is 7.17. The lowest BCUT2D eigenvalue weighted by molar-refractivity contribution is -0.384. The molecule has 0 aliphatic carbocycles. The van der Waals surface area contributed by atoms with Gasteiger partial charge in [-0.2, -0.15) is 0 Å². The topological polar surface area (TPSA) is 69.4 Å². The molecule has 0 heterocycles. The van der Waals surface area contributed by atoms with Gasteiger partial charge in [0.25, 0.3) is 5.69 Å². The molecule has 0 fully saturated rings. The molecule has 0 unspecified atom stereocenters. The second-order valence-corrected chi connectivity index (χ2v) is 5.00. The van der Waals surface area contributed by atoms with Gasteiger partial charge in [0, 0.05) is 17.7 Å². The number of aryl methyl sites for hydroxylation is 1. The van der Waals surface area contributed by atoms with E-state index in [4.69, 9.17) is 4.74 Å². The molecule has 0 spiro atoms. The van der Waals surface area contributed by atoms with Gasteiger partial charge in [0.15, 0.2) is 0 Å². The summed E-state index contributed by atoms with van der Waals surface area (Å²) in [5, 5.41) is 10.6. The van der Waals surface area contributed by atoms with E-state index in [0.29, 0.717) is 18.4 Å². The van der Waals surface area contributed by atoms with Crippen LogP contribution in [0.4, 0.5) is 5.69 Å². The minimum atomic E-state index is -0.432. The molecular weight excluding hydrogens is 294 g/mol. The Labute approximate surface area is 134 Å². The fraction of sp³-hybridized carbons (Fsp3) is 0.167. The number of hydrogen-bond donors (Lipinski definition) is 0. The van der Waals surface area contributed by atoms with Crippen molar-refractivity contribution in [2.24, 2.45) is 0 Å². The zero-order chi connectivity index (χ0) is 16.7. The van der Waals surface area contributed by atoms with Crippen molar-refractivity contribution in [1.82, 2.24) is 0 Å². The number of carbonyl (C=O) groups is 1. The number of methoxy groups -OCH3 is 1. The Balaban J connectivity index is 2.11. The fourth-order valence-electron chi connectivity index (χ4n) is 2.18. The van der Waals surface area contributed by atoms with Gasteiger partial charge in [0.05, 0.1) is 12.0 Å². The summed E-state index contributed by atoms with van der Waals surface area (Å²) in [5.74, 6) is -0.365. The third-order valence-electron chi connectivity index (χ3n) is 3.42. The number of esters is 1. The van der Waals surface area contributed by atoms with Crippen LogP contribution < -0.4 is 0 Å². The first-order chi connectivity index (χ1) is 11.1. The van der Waals surface area contributed by atoms with E-state index in [1.807, 2.05) is 30.3 Å². The normalized spacial score (nSPS) is 11.1. The molecule has 0 saturated carbocycles. The van der Waals surface area contributed by atoms with Crippen LogP contribution in [0, 0.1) is 10.1 Å². The molecule has 2 rings (SSSR count). The van der Waals surface area contributed by atoms with E-state index in [1.54, 1.807) is 18.2 Å². The van der Waals surface area contributed by atoms with Crippen LogP contribution in [0.5, 0.6) is 0 Å². The van der Waals surface area contributed by atoms with E-state index in [9.17, 15) is 14.9 Å². The maximum Gasteiger partial charge on any atom is 0.333 e. The maximum absolute atomic E-state index is 11.9. The Morgan fingerprint density at radius 1 is 1.13 bits per heavy atom. The SMILES string of the molecule is COC(=O)/C(=C/c1ccccc1)CCc1ccc([N+](=O)[O-])cc1. The second-order valence-electron chi connectivity index (χ2n) is 5.00. The molecule has 0 bridgehead atoms. The van der Waals surface area contributed by atoms with Crippen LogP contribution >= 0.6 is 0 Å². The summed E-state index contributed by atoms with van der Waals surface area (Å²) in [4.78, 5) is 22.1. The number of nitro groups is 1. The third kappa shape index (κ3) is 4.78. The number of nitrogens with zero attached hydrogens (tertiary/aromatic N) is 1. The minimum absolute atomic E-state index is 0.0572. The number of benzene rings is 2. The lowest BCUT2D eigenvalue weighted by Gasteiger charge is -2.06. The van der Waals surface area contributed by atoms with Crippen LogP contribution in [0.25, 0.3) is 6.08 Å². The summed E-state index contributed by atoms with van der Waals surface area (Å²) < 4.78 is 4.83. The molecule has 0 amide bonds. The van der Waals surface area contributed by atoms with Crippen molar-refractivity contribution in [2.45, 2.75) is 12.8 Å². The third-order valence-corrected chi connectivity index (χ3v) is 3.42. The van der Waals surface area contributed by atoms with E-state index in [-0.39, 0.29) is 11.7 Å². The van der Waals surface area contributed by atoms with Crippen molar-refractivity contribution in [2.75, 3.05) is 7.11 Å². The summed E-state index contributed by atoms with van der Waals surface area (Å²) in [7, 11) is 1.35. The van der Waals surface area contributed by atoms with Gasteiger partial charge in [-0.3, -0.25) is 10.1 Å². The molecule has 5 nitrogen and oxygen atoms in total. The Hall–Kier alpha value is -2.95.